The maximum Gasteiger partial charge on any atom is 0.282 e. The van der Waals surface area contributed by atoms with Gasteiger partial charge in [0.15, 0.2) is 5.78 Å². The van der Waals surface area contributed by atoms with Gasteiger partial charge >= 0.3 is 0 Å². The van der Waals surface area contributed by atoms with Crippen molar-refractivity contribution in [3.63, 3.8) is 0 Å². The van der Waals surface area contributed by atoms with Crippen LogP contribution in [0.5, 0.6) is 0 Å². The zero-order chi connectivity index (χ0) is 28.4. The number of carbonyl (C=O) groups is 4. The molecule has 0 bridgehead atoms. The van der Waals surface area contributed by atoms with Crippen LogP contribution in [0.3, 0.4) is 0 Å². The lowest BCUT2D eigenvalue weighted by Gasteiger charge is -2.29. The summed E-state index contributed by atoms with van der Waals surface area (Å²) in [6, 6.07) is 10.4. The van der Waals surface area contributed by atoms with Gasteiger partial charge in [0.25, 0.3) is 17.5 Å². The standard InChI is InChI=1S/C28H33N5O6/c1-17(2)15-21(29-26(35)18-9-11-19(12-10-18)30(3)4)28(37)31-14-13-23-25(31)24(34)16-32(23)27(36)20-7-5-6-8-22(20)33(38)39/h5-12,17,21,23,25H,13-16H2,1-4H3,(H,29,35)/t21-,23+,25-/m0/s1. The fraction of sp³-hybridized carbons (Fsp3) is 0.429. The molecule has 4 rings (SSSR count). The highest BCUT2D eigenvalue weighted by Crippen LogP contribution is 2.33. The average molecular weight is 536 g/mol. The number of nitro benzene ring substituents is 1. The van der Waals surface area contributed by atoms with E-state index in [1.54, 1.807) is 12.1 Å². The molecule has 206 valence electrons. The monoisotopic (exact) mass is 535 g/mol. The van der Waals surface area contributed by atoms with Crippen LogP contribution in [0.4, 0.5) is 11.4 Å². The third kappa shape index (κ3) is 5.62. The van der Waals surface area contributed by atoms with Crippen molar-refractivity contribution in [1.82, 2.24) is 15.1 Å². The Balaban J connectivity index is 1.52. The lowest BCUT2D eigenvalue weighted by Crippen LogP contribution is -2.53. The molecule has 3 atom stereocenters. The third-order valence-corrected chi connectivity index (χ3v) is 7.25. The summed E-state index contributed by atoms with van der Waals surface area (Å²) < 4.78 is 0. The molecule has 2 heterocycles. The molecule has 2 aliphatic heterocycles. The highest BCUT2D eigenvalue weighted by Gasteiger charge is 2.52. The van der Waals surface area contributed by atoms with E-state index in [-0.39, 0.29) is 47.9 Å². The van der Waals surface area contributed by atoms with Crippen LogP contribution in [0.25, 0.3) is 0 Å². The number of nitrogens with one attached hydrogen (secondary N) is 1. The van der Waals surface area contributed by atoms with Gasteiger partial charge in [0.2, 0.25) is 5.91 Å². The maximum absolute atomic E-state index is 13.7. The van der Waals surface area contributed by atoms with Crippen LogP contribution < -0.4 is 10.2 Å². The Kier molecular flexibility index (Phi) is 7.98. The van der Waals surface area contributed by atoms with Gasteiger partial charge in [-0.05, 0) is 49.1 Å². The maximum atomic E-state index is 13.7. The molecule has 0 spiro atoms. The van der Waals surface area contributed by atoms with E-state index in [9.17, 15) is 29.3 Å². The van der Waals surface area contributed by atoms with E-state index < -0.39 is 29.0 Å². The van der Waals surface area contributed by atoms with Crippen molar-refractivity contribution in [3.8, 4) is 0 Å². The number of nitrogens with zero attached hydrogens (tertiary/aromatic N) is 4. The molecule has 2 fully saturated rings. The number of para-hydroxylation sites is 1. The van der Waals surface area contributed by atoms with Crippen LogP contribution >= 0.6 is 0 Å². The van der Waals surface area contributed by atoms with E-state index in [4.69, 9.17) is 0 Å². The number of hydrogen-bond donors (Lipinski definition) is 1. The lowest BCUT2D eigenvalue weighted by molar-refractivity contribution is -0.385. The summed E-state index contributed by atoms with van der Waals surface area (Å²) in [6.07, 6.45) is 0.740. The van der Waals surface area contributed by atoms with Gasteiger partial charge in [-0.2, -0.15) is 0 Å². The van der Waals surface area contributed by atoms with Gasteiger partial charge in [-0.3, -0.25) is 29.3 Å². The SMILES string of the molecule is CC(C)C[C@H](NC(=O)c1ccc(N(C)C)cc1)C(=O)N1CC[C@@H]2[C@H]1C(=O)CN2C(=O)c1ccccc1[N+](=O)[O-]. The summed E-state index contributed by atoms with van der Waals surface area (Å²) in [5.74, 6) is -1.58. The number of Topliss-reactive ketones (excluding diaryl/α,β-unsaturated/α-hetero) is 1. The molecular weight excluding hydrogens is 502 g/mol. The minimum absolute atomic E-state index is 0.0877. The van der Waals surface area contributed by atoms with Gasteiger partial charge in [0.05, 0.1) is 17.5 Å². The summed E-state index contributed by atoms with van der Waals surface area (Å²) in [7, 11) is 3.80. The second-order valence-corrected chi connectivity index (χ2v) is 10.6. The van der Waals surface area contributed by atoms with E-state index in [2.05, 4.69) is 5.32 Å². The molecule has 0 aliphatic carbocycles. The molecule has 0 saturated carbocycles. The molecule has 0 unspecified atom stereocenters. The largest absolute Gasteiger partial charge is 0.378 e. The van der Waals surface area contributed by atoms with Crippen LogP contribution in [0.2, 0.25) is 0 Å². The molecule has 0 radical (unpaired) electrons. The Labute approximate surface area is 226 Å². The Morgan fingerprint density at radius 2 is 1.74 bits per heavy atom. The minimum atomic E-state index is -0.852. The van der Waals surface area contributed by atoms with Gasteiger partial charge in [0, 0.05) is 38.0 Å². The Bertz CT molecular complexity index is 1290. The van der Waals surface area contributed by atoms with Crippen molar-refractivity contribution < 1.29 is 24.1 Å². The first-order valence-corrected chi connectivity index (χ1v) is 13.0. The molecule has 2 saturated heterocycles. The number of benzene rings is 2. The summed E-state index contributed by atoms with van der Waals surface area (Å²) in [5.41, 5.74) is 0.928. The second kappa shape index (κ2) is 11.2. The molecule has 3 amide bonds. The van der Waals surface area contributed by atoms with Gasteiger partial charge in [-0.15, -0.1) is 0 Å². The summed E-state index contributed by atoms with van der Waals surface area (Å²) in [4.78, 5) is 68.7. The van der Waals surface area contributed by atoms with E-state index in [1.807, 2.05) is 45.0 Å². The zero-order valence-electron chi connectivity index (χ0n) is 22.5. The smallest absolute Gasteiger partial charge is 0.282 e. The van der Waals surface area contributed by atoms with Crippen molar-refractivity contribution >= 4 is 34.9 Å². The number of rotatable bonds is 8. The predicted molar refractivity (Wildman–Crippen MR) is 145 cm³/mol. The van der Waals surface area contributed by atoms with E-state index in [0.29, 0.717) is 18.4 Å². The first kappa shape index (κ1) is 27.7. The number of hydrogen-bond acceptors (Lipinski definition) is 7. The molecule has 2 aliphatic rings. The topological polar surface area (TPSA) is 133 Å². The molecule has 0 aromatic heterocycles. The molecule has 2 aromatic carbocycles. The molecule has 11 nitrogen and oxygen atoms in total. The number of likely N-dealkylation sites (tertiary alicyclic amines) is 2. The summed E-state index contributed by atoms with van der Waals surface area (Å²) in [5, 5.41) is 14.3. The van der Waals surface area contributed by atoms with Gasteiger partial charge in [-0.25, -0.2) is 0 Å². The quantitative estimate of drug-likeness (QED) is 0.406. The molecular formula is C28H33N5O6. The first-order valence-electron chi connectivity index (χ1n) is 13.0. The first-order chi connectivity index (χ1) is 18.5. The van der Waals surface area contributed by atoms with Crippen LogP contribution in [0, 0.1) is 16.0 Å². The van der Waals surface area contributed by atoms with Crippen molar-refractivity contribution in [3.05, 3.63) is 69.8 Å². The minimum Gasteiger partial charge on any atom is -0.378 e. The van der Waals surface area contributed by atoms with Gasteiger partial charge in [-0.1, -0.05) is 26.0 Å². The van der Waals surface area contributed by atoms with Crippen molar-refractivity contribution in [2.75, 3.05) is 32.1 Å². The number of ketones is 1. The average Bonchev–Trinajstić information content (AvgIpc) is 3.48. The van der Waals surface area contributed by atoms with Gasteiger partial charge in [0.1, 0.15) is 17.6 Å². The van der Waals surface area contributed by atoms with Crippen LogP contribution in [-0.2, 0) is 9.59 Å². The number of nitro groups is 1. The number of fused-ring (bicyclic) bond motifs is 1. The second-order valence-electron chi connectivity index (χ2n) is 10.6. The van der Waals surface area contributed by atoms with E-state index in [0.717, 1.165) is 5.69 Å². The lowest BCUT2D eigenvalue weighted by atomic mass is 10.0. The molecule has 11 heteroatoms. The fourth-order valence-electron chi connectivity index (χ4n) is 5.35. The molecule has 39 heavy (non-hydrogen) atoms. The van der Waals surface area contributed by atoms with Crippen molar-refractivity contribution in [1.29, 1.82) is 0 Å². The van der Waals surface area contributed by atoms with Crippen molar-refractivity contribution in [2.24, 2.45) is 5.92 Å². The van der Waals surface area contributed by atoms with Crippen LogP contribution in [0.15, 0.2) is 48.5 Å². The Morgan fingerprint density at radius 1 is 1.08 bits per heavy atom. The molecule has 2 aromatic rings. The normalized spacial score (nSPS) is 19.2. The number of anilines is 1. The van der Waals surface area contributed by atoms with Gasteiger partial charge < -0.3 is 20.0 Å². The summed E-state index contributed by atoms with van der Waals surface area (Å²) >= 11 is 0. The zero-order valence-corrected chi connectivity index (χ0v) is 22.5. The highest BCUT2D eigenvalue weighted by atomic mass is 16.6. The van der Waals surface area contributed by atoms with E-state index >= 15 is 0 Å². The predicted octanol–water partition coefficient (Wildman–Crippen LogP) is 2.50. The third-order valence-electron chi connectivity index (χ3n) is 7.25. The van der Waals surface area contributed by atoms with Crippen LogP contribution in [0.1, 0.15) is 47.4 Å². The molecule has 1 N–H and O–H groups in total. The van der Waals surface area contributed by atoms with E-state index in [1.165, 1.54) is 34.1 Å². The number of amides is 3. The summed E-state index contributed by atoms with van der Waals surface area (Å²) in [6.45, 7) is 3.89. The Morgan fingerprint density at radius 3 is 2.36 bits per heavy atom. The number of carbonyl (C=O) groups excluding carboxylic acids is 4. The fourth-order valence-corrected chi connectivity index (χ4v) is 5.35. The van der Waals surface area contributed by atoms with Crippen molar-refractivity contribution in [2.45, 2.75) is 44.8 Å². The van der Waals surface area contributed by atoms with Crippen LogP contribution in [-0.4, -0.2) is 83.5 Å². The Hall–Kier alpha value is -4.28. The highest BCUT2D eigenvalue weighted by molar-refractivity contribution is 6.05.